The Bertz CT molecular complexity index is 1240. The summed E-state index contributed by atoms with van der Waals surface area (Å²) >= 11 is 12.4. The van der Waals surface area contributed by atoms with Crippen LogP contribution in [0.15, 0.2) is 48.7 Å². The highest BCUT2D eigenvalue weighted by atomic mass is 35.5. The van der Waals surface area contributed by atoms with E-state index in [1.165, 1.54) is 11.1 Å². The third kappa shape index (κ3) is 5.02. The Kier molecular flexibility index (Phi) is 7.60. The van der Waals surface area contributed by atoms with Crippen LogP contribution in [-0.2, 0) is 31.8 Å². The van der Waals surface area contributed by atoms with Crippen LogP contribution in [0.25, 0.3) is 22.6 Å². The van der Waals surface area contributed by atoms with E-state index in [0.29, 0.717) is 15.9 Å². The molecule has 2 heterocycles. The van der Waals surface area contributed by atoms with Gasteiger partial charge in [-0.3, -0.25) is 0 Å². The van der Waals surface area contributed by atoms with Crippen LogP contribution in [0.1, 0.15) is 18.1 Å². The van der Waals surface area contributed by atoms with Gasteiger partial charge in [0.2, 0.25) is 0 Å². The van der Waals surface area contributed by atoms with Gasteiger partial charge in [-0.2, -0.15) is 0 Å². The van der Waals surface area contributed by atoms with Crippen LogP contribution in [0.3, 0.4) is 0 Å². The number of nitrogens with zero attached hydrogens (tertiary/aromatic N) is 2. The fraction of sp³-hybridized carbons (Fsp3) is 0.407. The lowest BCUT2D eigenvalue weighted by molar-refractivity contribution is -0.311. The Morgan fingerprint density at radius 1 is 0.972 bits per heavy atom. The van der Waals surface area contributed by atoms with Crippen molar-refractivity contribution >= 4 is 23.2 Å². The normalized spacial score (nSPS) is 27.7. The standard InChI is InChI=1S/C27H28Cl2N2O5/c1-14-23(32)24(33-2)25(34-3)27(35-14)36-19-11-15-4-5-16(10-17(15)12-19)22-8-9-30-26(31-22)20-7-6-18(28)13-21(20)29/h4-10,13-14,19,23-25,27,32H,11-12H2,1-3H3/t14-,19?,23-,24+,25+,27-/m0/s1. The average Bonchev–Trinajstić information content (AvgIpc) is 3.27. The minimum absolute atomic E-state index is 0.0771. The molecule has 6 atom stereocenters. The molecule has 2 aromatic carbocycles. The second-order valence-corrected chi connectivity index (χ2v) is 9.98. The molecule has 0 amide bonds. The molecule has 2 aliphatic rings. The number of hydrogen-bond acceptors (Lipinski definition) is 7. The van der Waals surface area contributed by atoms with Gasteiger partial charge in [-0.1, -0.05) is 35.3 Å². The second-order valence-electron chi connectivity index (χ2n) is 9.14. The van der Waals surface area contributed by atoms with E-state index >= 15 is 0 Å². The highest BCUT2D eigenvalue weighted by molar-refractivity contribution is 6.36. The SMILES string of the molecule is CO[C@@H]1[C@@H](O)[C@H](C)O[C@@H](OC2Cc3ccc(-c4ccnc(-c5ccc(Cl)cc5Cl)n4)cc3C2)[C@@H]1OC. The topological polar surface area (TPSA) is 82.9 Å². The van der Waals surface area contributed by atoms with Crippen molar-refractivity contribution in [1.29, 1.82) is 0 Å². The number of aliphatic hydroxyl groups is 1. The zero-order valence-electron chi connectivity index (χ0n) is 20.2. The first-order valence-corrected chi connectivity index (χ1v) is 12.6. The van der Waals surface area contributed by atoms with Gasteiger partial charge in [0, 0.05) is 36.6 Å². The van der Waals surface area contributed by atoms with E-state index in [0.717, 1.165) is 29.7 Å². The molecule has 1 fully saturated rings. The van der Waals surface area contributed by atoms with E-state index in [1.54, 1.807) is 32.5 Å². The van der Waals surface area contributed by atoms with Crippen molar-refractivity contribution in [1.82, 2.24) is 9.97 Å². The van der Waals surface area contributed by atoms with Crippen molar-refractivity contribution < 1.29 is 24.1 Å². The summed E-state index contributed by atoms with van der Waals surface area (Å²) in [5.74, 6) is 0.542. The first-order chi connectivity index (χ1) is 17.4. The molecular formula is C27H28Cl2N2O5. The molecule has 9 heteroatoms. The molecule has 3 aromatic rings. The lowest BCUT2D eigenvalue weighted by atomic mass is 9.99. The zero-order chi connectivity index (χ0) is 25.4. The summed E-state index contributed by atoms with van der Waals surface area (Å²) in [6.45, 7) is 1.81. The molecule has 1 aliphatic heterocycles. The van der Waals surface area contributed by atoms with Gasteiger partial charge in [0.05, 0.1) is 22.9 Å². The monoisotopic (exact) mass is 530 g/mol. The highest BCUT2D eigenvalue weighted by Crippen LogP contribution is 2.34. The van der Waals surface area contributed by atoms with Gasteiger partial charge in [-0.15, -0.1) is 0 Å². The second kappa shape index (κ2) is 10.7. The van der Waals surface area contributed by atoms with Gasteiger partial charge in [0.1, 0.15) is 18.3 Å². The lowest BCUT2D eigenvalue weighted by Gasteiger charge is -2.43. The number of hydrogen-bond donors (Lipinski definition) is 1. The van der Waals surface area contributed by atoms with Gasteiger partial charge < -0.3 is 24.1 Å². The van der Waals surface area contributed by atoms with Crippen molar-refractivity contribution in [2.45, 2.75) is 56.6 Å². The van der Waals surface area contributed by atoms with E-state index in [-0.39, 0.29) is 6.10 Å². The number of ether oxygens (including phenoxy) is 4. The molecule has 1 aliphatic carbocycles. The Morgan fingerprint density at radius 2 is 1.75 bits per heavy atom. The zero-order valence-corrected chi connectivity index (χ0v) is 21.7. The van der Waals surface area contributed by atoms with Crippen molar-refractivity contribution in [3.63, 3.8) is 0 Å². The molecule has 1 unspecified atom stereocenters. The van der Waals surface area contributed by atoms with Gasteiger partial charge in [-0.05, 0) is 61.2 Å². The molecular weight excluding hydrogens is 503 g/mol. The van der Waals surface area contributed by atoms with Crippen molar-refractivity contribution in [3.8, 4) is 22.6 Å². The predicted octanol–water partition coefficient (Wildman–Crippen LogP) is 4.74. The van der Waals surface area contributed by atoms with Crippen LogP contribution in [0.4, 0.5) is 0 Å². The fourth-order valence-corrected chi connectivity index (χ4v) is 5.45. The Labute approximate surface area is 220 Å². The van der Waals surface area contributed by atoms with Crippen molar-refractivity contribution in [3.05, 3.63) is 69.8 Å². The molecule has 190 valence electrons. The Balaban J connectivity index is 1.33. The number of methoxy groups -OCH3 is 2. The van der Waals surface area contributed by atoms with Gasteiger partial charge >= 0.3 is 0 Å². The largest absolute Gasteiger partial charge is 0.388 e. The maximum atomic E-state index is 10.4. The van der Waals surface area contributed by atoms with Gasteiger partial charge in [0.25, 0.3) is 0 Å². The van der Waals surface area contributed by atoms with Crippen molar-refractivity contribution in [2.75, 3.05) is 14.2 Å². The Morgan fingerprint density at radius 3 is 2.50 bits per heavy atom. The number of halogens is 2. The molecule has 0 saturated carbocycles. The minimum atomic E-state index is -0.788. The summed E-state index contributed by atoms with van der Waals surface area (Å²) in [6.07, 6.45) is 0.239. The van der Waals surface area contributed by atoms with Gasteiger partial charge in [-0.25, -0.2) is 9.97 Å². The summed E-state index contributed by atoms with van der Waals surface area (Å²) in [4.78, 5) is 9.15. The molecule has 5 rings (SSSR count). The van der Waals surface area contributed by atoms with Crippen LogP contribution in [0.5, 0.6) is 0 Å². The van der Waals surface area contributed by atoms with E-state index < -0.39 is 30.7 Å². The predicted molar refractivity (Wildman–Crippen MR) is 137 cm³/mol. The molecule has 1 aromatic heterocycles. The number of benzene rings is 2. The van der Waals surface area contributed by atoms with Gasteiger partial charge in [0.15, 0.2) is 12.1 Å². The molecule has 0 spiro atoms. The molecule has 1 N–H and O–H groups in total. The number of aromatic nitrogens is 2. The fourth-order valence-electron chi connectivity index (χ4n) is 4.96. The Hall–Kier alpha value is -2.10. The molecule has 7 nitrogen and oxygen atoms in total. The first-order valence-electron chi connectivity index (χ1n) is 11.8. The van der Waals surface area contributed by atoms with E-state index in [9.17, 15) is 5.11 Å². The molecule has 36 heavy (non-hydrogen) atoms. The summed E-state index contributed by atoms with van der Waals surface area (Å²) < 4.78 is 23.4. The van der Waals surface area contributed by atoms with E-state index in [1.807, 2.05) is 19.1 Å². The quantitative estimate of drug-likeness (QED) is 0.492. The summed E-state index contributed by atoms with van der Waals surface area (Å²) in [7, 11) is 3.13. The number of rotatable bonds is 6. The molecule has 1 saturated heterocycles. The maximum absolute atomic E-state index is 10.4. The average molecular weight is 531 g/mol. The number of fused-ring (bicyclic) bond motifs is 1. The van der Waals surface area contributed by atoms with E-state index in [4.69, 9.17) is 47.1 Å². The molecule has 0 radical (unpaired) electrons. The van der Waals surface area contributed by atoms with Crippen LogP contribution in [0, 0.1) is 0 Å². The third-order valence-electron chi connectivity index (χ3n) is 6.85. The summed E-state index contributed by atoms with van der Waals surface area (Å²) in [5.41, 5.74) is 4.94. The lowest BCUT2D eigenvalue weighted by Crippen LogP contribution is -2.59. The van der Waals surface area contributed by atoms with E-state index in [2.05, 4.69) is 23.2 Å². The third-order valence-corrected chi connectivity index (χ3v) is 7.40. The van der Waals surface area contributed by atoms with Crippen molar-refractivity contribution in [2.24, 2.45) is 0 Å². The van der Waals surface area contributed by atoms with Crippen LogP contribution in [0.2, 0.25) is 10.0 Å². The smallest absolute Gasteiger partial charge is 0.187 e. The highest BCUT2D eigenvalue weighted by Gasteiger charge is 2.46. The summed E-state index contributed by atoms with van der Waals surface area (Å²) in [6, 6.07) is 13.5. The minimum Gasteiger partial charge on any atom is -0.388 e. The first kappa shape index (κ1) is 25.5. The van der Waals surface area contributed by atoms with Crippen LogP contribution in [-0.4, -0.2) is 66.1 Å². The van der Waals surface area contributed by atoms with Crippen LogP contribution >= 0.6 is 23.2 Å². The maximum Gasteiger partial charge on any atom is 0.187 e. The molecule has 0 bridgehead atoms. The summed E-state index contributed by atoms with van der Waals surface area (Å²) in [5, 5.41) is 11.5. The number of aliphatic hydroxyl groups excluding tert-OH is 1. The van der Waals surface area contributed by atoms with Crippen LogP contribution < -0.4 is 0 Å².